The Morgan fingerprint density at radius 3 is 2.50 bits per heavy atom. The number of imidazole rings is 1. The highest BCUT2D eigenvalue weighted by Gasteiger charge is 2.15. The van der Waals surface area contributed by atoms with E-state index in [2.05, 4.69) is 53.5 Å². The summed E-state index contributed by atoms with van der Waals surface area (Å²) in [6.45, 7) is 10.6. The molecule has 6 nitrogen and oxygen atoms in total. The van der Waals surface area contributed by atoms with E-state index in [0.29, 0.717) is 18.9 Å². The van der Waals surface area contributed by atoms with Crippen LogP contribution >= 0.6 is 0 Å². The minimum atomic E-state index is 0.0257. The monoisotopic (exact) mass is 379 g/mol. The summed E-state index contributed by atoms with van der Waals surface area (Å²) in [5, 5.41) is 7.62. The molecule has 0 unspecified atom stereocenters. The molecule has 1 amide bonds. The summed E-state index contributed by atoms with van der Waals surface area (Å²) in [7, 11) is 0. The normalized spacial score (nSPS) is 11.2. The lowest BCUT2D eigenvalue weighted by Crippen LogP contribution is -2.25. The van der Waals surface area contributed by atoms with Gasteiger partial charge in [0.25, 0.3) is 0 Å². The number of hydrogen-bond acceptors (Lipinski definition) is 3. The third-order valence-electron chi connectivity index (χ3n) is 4.84. The van der Waals surface area contributed by atoms with Gasteiger partial charge in [0, 0.05) is 43.3 Å². The summed E-state index contributed by atoms with van der Waals surface area (Å²) in [6.07, 6.45) is 5.90. The summed E-state index contributed by atoms with van der Waals surface area (Å²) in [4.78, 5) is 16.5. The molecule has 148 valence electrons. The molecule has 3 rings (SSSR count). The predicted octanol–water partition coefficient (Wildman–Crippen LogP) is 3.26. The molecule has 0 radical (unpaired) electrons. The Morgan fingerprint density at radius 2 is 1.86 bits per heavy atom. The number of rotatable bonds is 8. The first-order valence-corrected chi connectivity index (χ1v) is 9.75. The van der Waals surface area contributed by atoms with Gasteiger partial charge in [-0.3, -0.25) is 9.48 Å². The number of hydrogen-bond donors (Lipinski definition) is 1. The van der Waals surface area contributed by atoms with Crippen LogP contribution in [0.25, 0.3) is 0 Å². The maximum Gasteiger partial charge on any atom is 0.224 e. The van der Waals surface area contributed by atoms with Crippen molar-refractivity contribution in [1.82, 2.24) is 24.6 Å². The largest absolute Gasteiger partial charge is 0.352 e. The predicted molar refractivity (Wildman–Crippen MR) is 110 cm³/mol. The molecular formula is C22H29N5O. The average Bonchev–Trinajstić information content (AvgIpc) is 3.25. The summed E-state index contributed by atoms with van der Waals surface area (Å²) in [5.41, 5.74) is 5.36. The Hall–Kier alpha value is -2.89. The zero-order valence-corrected chi connectivity index (χ0v) is 17.1. The summed E-state index contributed by atoms with van der Waals surface area (Å²) in [5.74, 6) is 0.550. The first-order chi connectivity index (χ1) is 13.4. The van der Waals surface area contributed by atoms with Gasteiger partial charge in [-0.2, -0.15) is 5.10 Å². The molecule has 2 aromatic heterocycles. The molecule has 0 aliphatic heterocycles. The maximum atomic E-state index is 12.4. The highest BCUT2D eigenvalue weighted by atomic mass is 16.1. The standard InChI is InChI=1S/C22H29N5O/c1-16(2)13-27-18(4)21(17(3)25-27)11-22(28)24-12-19-5-7-20(8-6-19)14-26-10-9-23-15-26/h5-10,15-16H,11-14H2,1-4H3,(H,24,28). The molecule has 1 N–H and O–H groups in total. The first kappa shape index (κ1) is 19.9. The second-order valence-electron chi connectivity index (χ2n) is 7.73. The number of benzene rings is 1. The van der Waals surface area contributed by atoms with E-state index in [1.807, 2.05) is 29.3 Å². The Bertz CT molecular complexity index is 907. The van der Waals surface area contributed by atoms with E-state index >= 15 is 0 Å². The fraction of sp³-hybridized carbons (Fsp3) is 0.409. The van der Waals surface area contributed by atoms with Gasteiger partial charge in [-0.15, -0.1) is 0 Å². The minimum absolute atomic E-state index is 0.0257. The van der Waals surface area contributed by atoms with Crippen molar-refractivity contribution in [2.75, 3.05) is 0 Å². The van der Waals surface area contributed by atoms with Crippen LogP contribution in [-0.4, -0.2) is 25.2 Å². The second kappa shape index (κ2) is 8.87. The molecule has 28 heavy (non-hydrogen) atoms. The van der Waals surface area contributed by atoms with Crippen molar-refractivity contribution in [2.24, 2.45) is 5.92 Å². The van der Waals surface area contributed by atoms with Gasteiger partial charge >= 0.3 is 0 Å². The van der Waals surface area contributed by atoms with Crippen molar-refractivity contribution in [3.05, 3.63) is 71.1 Å². The van der Waals surface area contributed by atoms with Crippen LogP contribution in [0.4, 0.5) is 0 Å². The van der Waals surface area contributed by atoms with Crippen LogP contribution in [0.15, 0.2) is 43.0 Å². The molecule has 1 aromatic carbocycles. The third kappa shape index (κ3) is 5.09. The van der Waals surface area contributed by atoms with Gasteiger partial charge < -0.3 is 9.88 Å². The van der Waals surface area contributed by atoms with Gasteiger partial charge in [-0.25, -0.2) is 4.98 Å². The number of amides is 1. The molecule has 0 saturated carbocycles. The van der Waals surface area contributed by atoms with E-state index in [1.54, 1.807) is 12.5 Å². The lowest BCUT2D eigenvalue weighted by molar-refractivity contribution is -0.120. The smallest absolute Gasteiger partial charge is 0.224 e. The van der Waals surface area contributed by atoms with Gasteiger partial charge in [-0.05, 0) is 30.9 Å². The van der Waals surface area contributed by atoms with Gasteiger partial charge in [0.2, 0.25) is 5.91 Å². The topological polar surface area (TPSA) is 64.7 Å². The molecule has 3 aromatic rings. The molecule has 0 saturated heterocycles. The van der Waals surface area contributed by atoms with E-state index in [9.17, 15) is 4.79 Å². The lowest BCUT2D eigenvalue weighted by atomic mass is 10.1. The van der Waals surface area contributed by atoms with Crippen LogP contribution in [0, 0.1) is 19.8 Å². The number of aromatic nitrogens is 4. The molecule has 6 heteroatoms. The Balaban J connectivity index is 1.54. The van der Waals surface area contributed by atoms with Gasteiger partial charge in [-0.1, -0.05) is 38.1 Å². The molecule has 0 fully saturated rings. The van der Waals surface area contributed by atoms with Gasteiger partial charge in [0.05, 0.1) is 18.4 Å². The zero-order valence-electron chi connectivity index (χ0n) is 17.1. The highest BCUT2D eigenvalue weighted by molar-refractivity contribution is 5.79. The summed E-state index contributed by atoms with van der Waals surface area (Å²) < 4.78 is 4.04. The fourth-order valence-electron chi connectivity index (χ4n) is 3.29. The number of nitrogens with zero attached hydrogens (tertiary/aromatic N) is 4. The first-order valence-electron chi connectivity index (χ1n) is 9.75. The van der Waals surface area contributed by atoms with Crippen molar-refractivity contribution in [3.8, 4) is 0 Å². The SMILES string of the molecule is Cc1nn(CC(C)C)c(C)c1CC(=O)NCc1ccc(Cn2ccnc2)cc1. The third-order valence-corrected chi connectivity index (χ3v) is 4.84. The number of carbonyl (C=O) groups excluding carboxylic acids is 1. The van der Waals surface area contributed by atoms with E-state index in [0.717, 1.165) is 35.6 Å². The second-order valence-corrected chi connectivity index (χ2v) is 7.73. The molecular weight excluding hydrogens is 350 g/mol. The number of nitrogens with one attached hydrogen (secondary N) is 1. The van der Waals surface area contributed by atoms with Crippen LogP contribution in [-0.2, 0) is 30.8 Å². The van der Waals surface area contributed by atoms with E-state index in [4.69, 9.17) is 0 Å². The summed E-state index contributed by atoms with van der Waals surface area (Å²) >= 11 is 0. The molecule has 0 atom stereocenters. The quantitative estimate of drug-likeness (QED) is 0.653. The van der Waals surface area contributed by atoms with Crippen molar-refractivity contribution in [2.45, 2.75) is 53.8 Å². The van der Waals surface area contributed by atoms with Gasteiger partial charge in [0.15, 0.2) is 0 Å². The molecule has 0 spiro atoms. The Kier molecular flexibility index (Phi) is 6.29. The summed E-state index contributed by atoms with van der Waals surface area (Å²) in [6, 6.07) is 8.30. The van der Waals surface area contributed by atoms with Crippen LogP contribution in [0.5, 0.6) is 0 Å². The van der Waals surface area contributed by atoms with Crippen molar-refractivity contribution < 1.29 is 4.79 Å². The minimum Gasteiger partial charge on any atom is -0.352 e. The Labute approximate surface area is 166 Å². The van der Waals surface area contributed by atoms with Crippen molar-refractivity contribution in [3.63, 3.8) is 0 Å². The molecule has 0 bridgehead atoms. The van der Waals surface area contributed by atoms with Gasteiger partial charge in [0.1, 0.15) is 0 Å². The van der Waals surface area contributed by atoms with E-state index in [-0.39, 0.29) is 5.91 Å². The molecule has 2 heterocycles. The van der Waals surface area contributed by atoms with Crippen LogP contribution in [0.1, 0.15) is 41.9 Å². The molecule has 0 aliphatic carbocycles. The van der Waals surface area contributed by atoms with Crippen LogP contribution in [0.3, 0.4) is 0 Å². The van der Waals surface area contributed by atoms with Crippen molar-refractivity contribution in [1.29, 1.82) is 0 Å². The van der Waals surface area contributed by atoms with Crippen LogP contribution < -0.4 is 5.32 Å². The van der Waals surface area contributed by atoms with E-state index < -0.39 is 0 Å². The number of aryl methyl sites for hydroxylation is 1. The number of carbonyl (C=O) groups is 1. The lowest BCUT2D eigenvalue weighted by Gasteiger charge is -2.09. The zero-order chi connectivity index (χ0) is 20.1. The Morgan fingerprint density at radius 1 is 1.14 bits per heavy atom. The van der Waals surface area contributed by atoms with E-state index in [1.165, 1.54) is 5.56 Å². The fourth-order valence-corrected chi connectivity index (χ4v) is 3.29. The highest BCUT2D eigenvalue weighted by Crippen LogP contribution is 2.15. The van der Waals surface area contributed by atoms with Crippen LogP contribution in [0.2, 0.25) is 0 Å². The van der Waals surface area contributed by atoms with Crippen molar-refractivity contribution >= 4 is 5.91 Å². The average molecular weight is 380 g/mol. The maximum absolute atomic E-state index is 12.4. The molecule has 0 aliphatic rings.